The second-order valence-electron chi connectivity index (χ2n) is 8.94. The highest BCUT2D eigenvalue weighted by Gasteiger charge is 2.38. The third-order valence-electron chi connectivity index (χ3n) is 5.68. The van der Waals surface area contributed by atoms with Gasteiger partial charge in [0.25, 0.3) is 0 Å². The Balaban J connectivity index is 2.21. The van der Waals surface area contributed by atoms with Gasteiger partial charge < -0.3 is 36.6 Å². The van der Waals surface area contributed by atoms with Gasteiger partial charge in [0.1, 0.15) is 29.9 Å². The summed E-state index contributed by atoms with van der Waals surface area (Å²) in [4.78, 5) is 51.5. The standard InChI is InChI=1S/C23H34N4O7/c1-13(2)10-18(23(33)34)26-20(30)17(11-14-5-7-15(29)8-6-14)25-21(31)19-4-3-9-27(19)22(32)16(24)12-28/h5-8,13,16-19,28-29H,3-4,9-12,24H2,1-2H3,(H,25,31)(H,26,30)(H,33,34). The van der Waals surface area contributed by atoms with Gasteiger partial charge in [-0.05, 0) is 42.9 Å². The summed E-state index contributed by atoms with van der Waals surface area (Å²) in [6, 6.07) is 1.83. The molecule has 1 saturated heterocycles. The van der Waals surface area contributed by atoms with E-state index in [0.717, 1.165) is 0 Å². The number of hydrogen-bond acceptors (Lipinski definition) is 7. The predicted octanol–water partition coefficient (Wildman–Crippen LogP) is -0.654. The van der Waals surface area contributed by atoms with Crippen LogP contribution in [0.1, 0.15) is 38.7 Å². The summed E-state index contributed by atoms with van der Waals surface area (Å²) in [5.41, 5.74) is 6.27. The number of phenols is 1. The molecule has 1 heterocycles. The highest BCUT2D eigenvalue weighted by molar-refractivity contribution is 5.94. The van der Waals surface area contributed by atoms with E-state index in [-0.39, 0.29) is 24.5 Å². The molecule has 3 amide bonds. The van der Waals surface area contributed by atoms with Crippen molar-refractivity contribution in [1.82, 2.24) is 15.5 Å². The van der Waals surface area contributed by atoms with Gasteiger partial charge in [0.05, 0.1) is 6.61 Å². The molecule has 188 valence electrons. The van der Waals surface area contributed by atoms with Gasteiger partial charge in [-0.3, -0.25) is 14.4 Å². The molecule has 34 heavy (non-hydrogen) atoms. The summed E-state index contributed by atoms with van der Waals surface area (Å²) in [5, 5.41) is 33.4. The van der Waals surface area contributed by atoms with Crippen molar-refractivity contribution in [3.8, 4) is 5.75 Å². The molecule has 0 aromatic heterocycles. The number of carboxylic acids is 1. The molecule has 4 atom stereocenters. The third-order valence-corrected chi connectivity index (χ3v) is 5.68. The molecule has 4 unspecified atom stereocenters. The molecule has 0 radical (unpaired) electrons. The molecule has 7 N–H and O–H groups in total. The minimum absolute atomic E-state index is 0.0142. The third kappa shape index (κ3) is 7.42. The van der Waals surface area contributed by atoms with E-state index in [1.807, 2.05) is 13.8 Å². The molecule has 0 aliphatic carbocycles. The number of likely N-dealkylation sites (tertiary alicyclic amines) is 1. The molecule has 0 spiro atoms. The Labute approximate surface area is 198 Å². The number of aliphatic hydroxyl groups excluding tert-OH is 1. The predicted molar refractivity (Wildman–Crippen MR) is 123 cm³/mol. The van der Waals surface area contributed by atoms with Crippen LogP contribution in [0, 0.1) is 5.92 Å². The zero-order chi connectivity index (χ0) is 25.4. The van der Waals surface area contributed by atoms with Gasteiger partial charge >= 0.3 is 5.97 Å². The van der Waals surface area contributed by atoms with Crippen LogP contribution in [-0.2, 0) is 25.6 Å². The summed E-state index contributed by atoms with van der Waals surface area (Å²) in [7, 11) is 0. The van der Waals surface area contributed by atoms with Gasteiger partial charge in [0.2, 0.25) is 17.7 Å². The Hall–Kier alpha value is -3.18. The zero-order valence-corrected chi connectivity index (χ0v) is 19.4. The highest BCUT2D eigenvalue weighted by atomic mass is 16.4. The Morgan fingerprint density at radius 2 is 1.76 bits per heavy atom. The number of aromatic hydroxyl groups is 1. The molecule has 11 heteroatoms. The van der Waals surface area contributed by atoms with E-state index in [9.17, 15) is 34.5 Å². The number of aliphatic hydroxyl groups is 1. The lowest BCUT2D eigenvalue weighted by Gasteiger charge is -2.28. The van der Waals surface area contributed by atoms with Crippen LogP contribution in [0.4, 0.5) is 0 Å². The number of rotatable bonds is 11. The van der Waals surface area contributed by atoms with Crippen LogP contribution in [0.2, 0.25) is 0 Å². The molecule has 0 bridgehead atoms. The largest absolute Gasteiger partial charge is 0.508 e. The molecule has 1 aromatic carbocycles. The van der Waals surface area contributed by atoms with Gasteiger partial charge in [0.15, 0.2) is 0 Å². The number of hydrogen-bond donors (Lipinski definition) is 6. The fourth-order valence-electron chi connectivity index (χ4n) is 3.90. The maximum Gasteiger partial charge on any atom is 0.326 e. The first kappa shape index (κ1) is 27.1. The number of carbonyl (C=O) groups is 4. The Bertz CT molecular complexity index is 875. The molecule has 1 aliphatic heterocycles. The van der Waals surface area contributed by atoms with Crippen LogP contribution in [0.3, 0.4) is 0 Å². The van der Waals surface area contributed by atoms with Crippen LogP contribution in [0.25, 0.3) is 0 Å². The molecule has 1 aliphatic rings. The van der Waals surface area contributed by atoms with E-state index >= 15 is 0 Å². The van der Waals surface area contributed by atoms with Gasteiger partial charge in [0, 0.05) is 13.0 Å². The van der Waals surface area contributed by atoms with Gasteiger partial charge in [-0.15, -0.1) is 0 Å². The van der Waals surface area contributed by atoms with E-state index in [4.69, 9.17) is 5.73 Å². The number of nitrogens with zero attached hydrogens (tertiary/aromatic N) is 1. The lowest BCUT2D eigenvalue weighted by Crippen LogP contribution is -2.57. The van der Waals surface area contributed by atoms with Crippen molar-refractivity contribution >= 4 is 23.7 Å². The van der Waals surface area contributed by atoms with Crippen molar-refractivity contribution in [2.45, 2.75) is 63.7 Å². The first-order valence-electron chi connectivity index (χ1n) is 11.3. The van der Waals surface area contributed by atoms with Crippen molar-refractivity contribution < 1.29 is 34.5 Å². The van der Waals surface area contributed by atoms with Crippen LogP contribution >= 0.6 is 0 Å². The summed E-state index contributed by atoms with van der Waals surface area (Å²) < 4.78 is 0. The van der Waals surface area contributed by atoms with E-state index in [2.05, 4.69) is 10.6 Å². The number of amides is 3. The van der Waals surface area contributed by atoms with Crippen molar-refractivity contribution in [3.63, 3.8) is 0 Å². The van der Waals surface area contributed by atoms with Crippen molar-refractivity contribution in [2.75, 3.05) is 13.2 Å². The molecule has 1 fully saturated rings. The maximum atomic E-state index is 13.1. The van der Waals surface area contributed by atoms with Crippen molar-refractivity contribution in [1.29, 1.82) is 0 Å². The molecular formula is C23H34N4O7. The normalized spacial score (nSPS) is 18.3. The molecule has 1 aromatic rings. The second kappa shape index (κ2) is 12.3. The zero-order valence-electron chi connectivity index (χ0n) is 19.4. The lowest BCUT2D eigenvalue weighted by atomic mass is 10.0. The molecule has 0 saturated carbocycles. The second-order valence-corrected chi connectivity index (χ2v) is 8.94. The quantitative estimate of drug-likeness (QED) is 0.242. The Kier molecular flexibility index (Phi) is 9.82. The Morgan fingerprint density at radius 3 is 2.32 bits per heavy atom. The molecule has 2 rings (SSSR count). The van der Waals surface area contributed by atoms with Crippen molar-refractivity contribution in [3.05, 3.63) is 29.8 Å². The number of nitrogens with one attached hydrogen (secondary N) is 2. The van der Waals surface area contributed by atoms with E-state index in [1.165, 1.54) is 17.0 Å². The number of phenolic OH excluding ortho intramolecular Hbond substituents is 1. The van der Waals surface area contributed by atoms with Crippen LogP contribution in [0.15, 0.2) is 24.3 Å². The number of carbonyl (C=O) groups excluding carboxylic acids is 3. The van der Waals surface area contributed by atoms with Gasteiger partial charge in [-0.1, -0.05) is 26.0 Å². The number of aliphatic carboxylic acids is 1. The van der Waals surface area contributed by atoms with Crippen LogP contribution in [0.5, 0.6) is 5.75 Å². The average Bonchev–Trinajstić information content (AvgIpc) is 3.28. The van der Waals surface area contributed by atoms with Crippen molar-refractivity contribution in [2.24, 2.45) is 11.7 Å². The van der Waals surface area contributed by atoms with E-state index < -0.39 is 54.5 Å². The summed E-state index contributed by atoms with van der Waals surface area (Å²) in [6.07, 6.45) is 1.19. The number of carboxylic acid groups (broad SMARTS) is 1. The minimum Gasteiger partial charge on any atom is -0.508 e. The monoisotopic (exact) mass is 478 g/mol. The first-order chi connectivity index (χ1) is 16.0. The van der Waals surface area contributed by atoms with Gasteiger partial charge in [-0.2, -0.15) is 0 Å². The molecular weight excluding hydrogens is 444 g/mol. The highest BCUT2D eigenvalue weighted by Crippen LogP contribution is 2.19. The van der Waals surface area contributed by atoms with Gasteiger partial charge in [-0.25, -0.2) is 4.79 Å². The average molecular weight is 479 g/mol. The fraction of sp³-hybridized carbons (Fsp3) is 0.565. The van der Waals surface area contributed by atoms with E-state index in [1.54, 1.807) is 12.1 Å². The number of nitrogens with two attached hydrogens (primary N) is 1. The topological polar surface area (TPSA) is 182 Å². The fourth-order valence-corrected chi connectivity index (χ4v) is 3.90. The summed E-state index contributed by atoms with van der Waals surface area (Å²) in [5.74, 6) is -2.91. The molecule has 11 nitrogen and oxygen atoms in total. The number of benzene rings is 1. The minimum atomic E-state index is -1.18. The smallest absolute Gasteiger partial charge is 0.326 e. The SMILES string of the molecule is CC(C)CC(NC(=O)C(Cc1ccc(O)cc1)NC(=O)C1CCCN1C(=O)C(N)CO)C(=O)O. The lowest BCUT2D eigenvalue weighted by molar-refractivity contribution is -0.143. The first-order valence-corrected chi connectivity index (χ1v) is 11.3. The summed E-state index contributed by atoms with van der Waals surface area (Å²) in [6.45, 7) is 3.41. The maximum absolute atomic E-state index is 13.1. The van der Waals surface area contributed by atoms with Crippen LogP contribution in [-0.4, -0.2) is 81.2 Å². The van der Waals surface area contributed by atoms with Crippen LogP contribution < -0.4 is 16.4 Å². The Morgan fingerprint density at radius 1 is 1.12 bits per heavy atom. The van der Waals surface area contributed by atoms with E-state index in [0.29, 0.717) is 24.9 Å². The summed E-state index contributed by atoms with van der Waals surface area (Å²) >= 11 is 0.